The van der Waals surface area contributed by atoms with Gasteiger partial charge in [-0.2, -0.15) is 0 Å². The van der Waals surface area contributed by atoms with E-state index in [9.17, 15) is 10.1 Å². The van der Waals surface area contributed by atoms with E-state index in [0.717, 1.165) is 65.2 Å². The van der Waals surface area contributed by atoms with Crippen molar-refractivity contribution in [1.29, 1.82) is 0 Å². The average molecular weight is 675 g/mol. The van der Waals surface area contributed by atoms with Crippen molar-refractivity contribution in [2.24, 2.45) is 0 Å². The van der Waals surface area contributed by atoms with E-state index >= 15 is 0 Å². The van der Waals surface area contributed by atoms with Gasteiger partial charge < -0.3 is 0 Å². The number of rotatable bonds is 5. The van der Waals surface area contributed by atoms with Gasteiger partial charge in [0.05, 0.1) is 32.7 Å². The molecule has 0 atom stereocenters. The van der Waals surface area contributed by atoms with E-state index in [4.69, 9.17) is 9.97 Å². The highest BCUT2D eigenvalue weighted by atomic mass is 32.1. The van der Waals surface area contributed by atoms with Gasteiger partial charge in [0, 0.05) is 31.8 Å². The van der Waals surface area contributed by atoms with Crippen molar-refractivity contribution in [1.82, 2.24) is 14.5 Å². The molecule has 240 valence electrons. The number of hydrogen-bond donors (Lipinski definition) is 0. The van der Waals surface area contributed by atoms with Crippen LogP contribution in [0.15, 0.2) is 158 Å². The molecular weight excluding hydrogens is 649 g/mol. The fraction of sp³-hybridized carbons (Fsp3) is 0. The number of nitro groups is 1. The molecule has 6 nitrogen and oxygen atoms in total. The van der Waals surface area contributed by atoms with Crippen LogP contribution >= 0.6 is 11.3 Å². The van der Waals surface area contributed by atoms with Crippen LogP contribution in [-0.2, 0) is 0 Å². The van der Waals surface area contributed by atoms with E-state index in [1.54, 1.807) is 0 Å². The lowest BCUT2D eigenvalue weighted by molar-refractivity contribution is -0.379. The quantitative estimate of drug-likeness (QED) is 0.134. The minimum Gasteiger partial charge on any atom is -0.278 e. The van der Waals surface area contributed by atoms with Crippen LogP contribution in [0.25, 0.3) is 93.0 Å². The molecule has 0 saturated heterocycles. The Morgan fingerprint density at radius 3 is 2.04 bits per heavy atom. The number of hydrogen-bond acceptors (Lipinski definition) is 5. The zero-order chi connectivity index (χ0) is 34.1. The molecule has 0 radical (unpaired) electrons. The van der Waals surface area contributed by atoms with Crippen LogP contribution in [0.4, 0.5) is 5.00 Å². The Labute approximate surface area is 295 Å². The van der Waals surface area contributed by atoms with Gasteiger partial charge in [-0.3, -0.25) is 14.7 Å². The van der Waals surface area contributed by atoms with Crippen molar-refractivity contribution in [2.75, 3.05) is 0 Å². The molecule has 0 amide bonds. The maximum atomic E-state index is 12.2. The maximum absolute atomic E-state index is 12.2. The Kier molecular flexibility index (Phi) is 6.56. The monoisotopic (exact) mass is 674 g/mol. The van der Waals surface area contributed by atoms with Crippen LogP contribution in [0.1, 0.15) is 0 Å². The molecule has 7 aromatic carbocycles. The van der Waals surface area contributed by atoms with Crippen LogP contribution in [0.3, 0.4) is 0 Å². The van der Waals surface area contributed by atoms with Crippen LogP contribution in [-0.4, -0.2) is 19.5 Å². The molecule has 3 aromatic heterocycles. The number of fused-ring (bicyclic) bond motifs is 6. The van der Waals surface area contributed by atoms with E-state index < -0.39 is 0 Å². The summed E-state index contributed by atoms with van der Waals surface area (Å²) in [5.74, 6) is 0.563. The summed E-state index contributed by atoms with van der Waals surface area (Å²) < 4.78 is 3.00. The van der Waals surface area contributed by atoms with Gasteiger partial charge >= 0.3 is 5.00 Å². The van der Waals surface area contributed by atoms with Crippen LogP contribution in [0.5, 0.6) is 0 Å². The number of para-hydroxylation sites is 2. The summed E-state index contributed by atoms with van der Waals surface area (Å²) >= 11 is 1.21. The Hall–Kier alpha value is -6.70. The van der Waals surface area contributed by atoms with E-state index in [-0.39, 0.29) is 9.92 Å². The van der Waals surface area contributed by atoms with E-state index in [0.29, 0.717) is 11.5 Å². The smallest absolute Gasteiger partial charge is 0.278 e. The standard InChI is InChI=1S/C44H26N4O2S/c49-48(50)43-41(35-15-5-8-19-40(35)51-43)30-24-25-39-36(26-30)33-13-4-7-18-38(33)47(39)44-45-37-17-6-3-14-34(37)42(46-44)29-22-20-28(21-23-29)32-16-9-11-27-10-1-2-12-31(27)32/h1-26H. The van der Waals surface area contributed by atoms with Crippen LogP contribution in [0.2, 0.25) is 0 Å². The molecule has 0 aliphatic heterocycles. The normalized spacial score (nSPS) is 11.7. The van der Waals surface area contributed by atoms with Gasteiger partial charge in [0.2, 0.25) is 5.95 Å². The van der Waals surface area contributed by atoms with E-state index in [1.165, 1.54) is 27.7 Å². The second-order valence-corrected chi connectivity index (χ2v) is 13.6. The highest BCUT2D eigenvalue weighted by molar-refractivity contribution is 7.22. The molecule has 0 saturated carbocycles. The minimum absolute atomic E-state index is 0.147. The molecule has 51 heavy (non-hydrogen) atoms. The van der Waals surface area contributed by atoms with Gasteiger partial charge in [0.15, 0.2) is 0 Å². The molecule has 0 fully saturated rings. The van der Waals surface area contributed by atoms with Crippen molar-refractivity contribution in [2.45, 2.75) is 0 Å². The predicted molar refractivity (Wildman–Crippen MR) is 210 cm³/mol. The summed E-state index contributed by atoms with van der Waals surface area (Å²) in [6.07, 6.45) is 0. The van der Waals surface area contributed by atoms with Crippen LogP contribution in [0, 0.1) is 10.1 Å². The van der Waals surface area contributed by atoms with Crippen molar-refractivity contribution in [3.63, 3.8) is 0 Å². The summed E-state index contributed by atoms with van der Waals surface area (Å²) in [6.45, 7) is 0. The molecular formula is C44H26N4O2S. The van der Waals surface area contributed by atoms with E-state index in [2.05, 4.69) is 95.6 Å². The molecule has 0 unspecified atom stereocenters. The molecule has 0 spiro atoms. The first-order valence-corrected chi connectivity index (χ1v) is 17.5. The van der Waals surface area contributed by atoms with Crippen molar-refractivity contribution in [3.05, 3.63) is 168 Å². The first-order chi connectivity index (χ1) is 25.1. The first-order valence-electron chi connectivity index (χ1n) is 16.7. The summed E-state index contributed by atoms with van der Waals surface area (Å²) in [5, 5.41) is 18.7. The van der Waals surface area contributed by atoms with Gasteiger partial charge in [-0.1, -0.05) is 139 Å². The molecule has 3 heterocycles. The second-order valence-electron chi connectivity index (χ2n) is 12.6. The fourth-order valence-electron chi connectivity index (χ4n) is 7.45. The molecule has 0 bridgehead atoms. The SMILES string of the molecule is O=[N+]([O-])c1sc2ccccc2c1-c1ccc2c(c1)c1ccccc1n2-c1nc(-c2ccc(-c3cccc4ccccc34)cc2)c2ccccc2n1. The van der Waals surface area contributed by atoms with Gasteiger partial charge in [-0.15, -0.1) is 0 Å². The summed E-state index contributed by atoms with van der Waals surface area (Å²) in [5.41, 5.74) is 8.37. The topological polar surface area (TPSA) is 73.8 Å². The average Bonchev–Trinajstić information content (AvgIpc) is 3.74. The summed E-state index contributed by atoms with van der Waals surface area (Å²) in [6, 6.07) is 53.7. The zero-order valence-electron chi connectivity index (χ0n) is 27.0. The third kappa shape index (κ3) is 4.63. The lowest BCUT2D eigenvalue weighted by atomic mass is 9.96. The Balaban J connectivity index is 1.16. The highest BCUT2D eigenvalue weighted by Gasteiger charge is 2.24. The minimum atomic E-state index is -0.271. The lowest BCUT2D eigenvalue weighted by Gasteiger charge is -2.13. The Morgan fingerprint density at radius 1 is 0.549 bits per heavy atom. The van der Waals surface area contributed by atoms with Crippen molar-refractivity contribution >= 4 is 69.9 Å². The fourth-order valence-corrected chi connectivity index (χ4v) is 8.49. The first kappa shape index (κ1) is 29.2. The third-order valence-corrected chi connectivity index (χ3v) is 10.9. The second kappa shape index (κ2) is 11.4. The zero-order valence-corrected chi connectivity index (χ0v) is 27.8. The van der Waals surface area contributed by atoms with Crippen molar-refractivity contribution in [3.8, 4) is 39.5 Å². The van der Waals surface area contributed by atoms with Gasteiger partial charge in [0.25, 0.3) is 0 Å². The number of thiophene rings is 1. The van der Waals surface area contributed by atoms with Crippen LogP contribution < -0.4 is 0 Å². The number of benzene rings is 7. The van der Waals surface area contributed by atoms with Crippen molar-refractivity contribution < 1.29 is 4.92 Å². The van der Waals surface area contributed by atoms with Gasteiger partial charge in [0.1, 0.15) is 0 Å². The molecule has 7 heteroatoms. The predicted octanol–water partition coefficient (Wildman–Crippen LogP) is 12.0. The molecule has 0 aliphatic rings. The molecule has 0 aliphatic carbocycles. The summed E-state index contributed by atoms with van der Waals surface area (Å²) in [7, 11) is 0. The Bertz CT molecular complexity index is 3010. The summed E-state index contributed by atoms with van der Waals surface area (Å²) in [4.78, 5) is 22.4. The number of nitrogens with zero attached hydrogens (tertiary/aromatic N) is 4. The Morgan fingerprint density at radius 2 is 1.20 bits per heavy atom. The largest absolute Gasteiger partial charge is 0.333 e. The highest BCUT2D eigenvalue weighted by Crippen LogP contribution is 2.45. The number of aromatic nitrogens is 3. The third-order valence-electron chi connectivity index (χ3n) is 9.75. The van der Waals surface area contributed by atoms with Gasteiger partial charge in [-0.25, -0.2) is 9.97 Å². The van der Waals surface area contributed by atoms with E-state index in [1.807, 2.05) is 66.7 Å². The molecule has 10 rings (SSSR count). The maximum Gasteiger partial charge on any atom is 0.333 e. The molecule has 0 N–H and O–H groups in total. The van der Waals surface area contributed by atoms with Gasteiger partial charge in [-0.05, 0) is 57.8 Å². The molecule has 10 aromatic rings. The lowest BCUT2D eigenvalue weighted by Crippen LogP contribution is -2.03.